The highest BCUT2D eigenvalue weighted by Gasteiger charge is 2.33. The van der Waals surface area contributed by atoms with Crippen LogP contribution in [0, 0.1) is 0 Å². The minimum absolute atomic E-state index is 0.00600. The summed E-state index contributed by atoms with van der Waals surface area (Å²) in [5.41, 5.74) is 2.15. The number of fused-ring (bicyclic) bond motifs is 1. The zero-order valence-electron chi connectivity index (χ0n) is 12.8. The van der Waals surface area contributed by atoms with E-state index in [0.29, 0.717) is 29.9 Å². The Kier molecular flexibility index (Phi) is 4.30. The lowest BCUT2D eigenvalue weighted by Gasteiger charge is -2.29. The van der Waals surface area contributed by atoms with Crippen LogP contribution in [0.4, 0.5) is 0 Å². The van der Waals surface area contributed by atoms with Crippen molar-refractivity contribution in [3.05, 3.63) is 82.0 Å². The van der Waals surface area contributed by atoms with E-state index in [9.17, 15) is 9.59 Å². The number of Topliss-reactive ketones (excluding diaryl/α,β-unsaturated/α-hetero) is 2. The van der Waals surface area contributed by atoms with Gasteiger partial charge in [0.15, 0.2) is 0 Å². The van der Waals surface area contributed by atoms with Gasteiger partial charge in [-0.1, -0.05) is 66.2 Å². The number of nitrogens with zero attached hydrogens (tertiary/aromatic N) is 1. The molecule has 0 radical (unpaired) electrons. The lowest BCUT2D eigenvalue weighted by atomic mass is 9.91. The summed E-state index contributed by atoms with van der Waals surface area (Å²) in [5, 5.41) is 0.00600. The molecule has 0 amide bonds. The van der Waals surface area contributed by atoms with E-state index >= 15 is 0 Å². The molecule has 0 fully saturated rings. The molecule has 3 rings (SSSR count). The minimum Gasteiger partial charge on any atom is -0.363 e. The van der Waals surface area contributed by atoms with Crippen molar-refractivity contribution in [1.29, 1.82) is 0 Å². The summed E-state index contributed by atoms with van der Waals surface area (Å²) in [7, 11) is 0. The normalized spacial score (nSPS) is 14.0. The molecule has 0 aromatic heterocycles. The Morgan fingerprint density at radius 2 is 1.43 bits per heavy atom. The summed E-state index contributed by atoms with van der Waals surface area (Å²) in [6, 6.07) is 16.6. The molecule has 4 heteroatoms. The lowest BCUT2D eigenvalue weighted by Crippen LogP contribution is -2.33. The summed E-state index contributed by atoms with van der Waals surface area (Å²) in [4.78, 5) is 27.2. The first-order valence-corrected chi connectivity index (χ1v) is 7.88. The molecule has 0 atom stereocenters. The number of carbonyl (C=O) groups excluding carboxylic acids is 2. The van der Waals surface area contributed by atoms with E-state index in [1.54, 1.807) is 24.3 Å². The zero-order chi connectivity index (χ0) is 16.4. The smallest absolute Gasteiger partial charge is 0.211 e. The molecule has 0 heterocycles. The second-order valence-electron chi connectivity index (χ2n) is 5.37. The first kappa shape index (κ1) is 15.5. The van der Waals surface area contributed by atoms with Crippen molar-refractivity contribution < 1.29 is 9.59 Å². The molecule has 0 aliphatic heterocycles. The fraction of sp³-hybridized carbons (Fsp3) is 0.158. The van der Waals surface area contributed by atoms with E-state index < -0.39 is 0 Å². The number of carbonyl (C=O) groups is 2. The summed E-state index contributed by atoms with van der Waals surface area (Å²) in [6.45, 7) is 3.06. The largest absolute Gasteiger partial charge is 0.363 e. The Morgan fingerprint density at radius 1 is 0.870 bits per heavy atom. The van der Waals surface area contributed by atoms with E-state index in [2.05, 4.69) is 0 Å². The standard InChI is InChI=1S/C19H16ClNO2/c1-2-21(12-13-8-4-3-5-9-13)17-16(20)18(22)14-10-6-7-11-15(14)19(17)23/h3-11H,2,12H2,1H3. The van der Waals surface area contributed by atoms with Crippen molar-refractivity contribution in [2.75, 3.05) is 6.54 Å². The van der Waals surface area contributed by atoms with Crippen molar-refractivity contribution >= 4 is 23.2 Å². The van der Waals surface area contributed by atoms with Crippen LogP contribution < -0.4 is 0 Å². The molecule has 0 N–H and O–H groups in total. The summed E-state index contributed by atoms with van der Waals surface area (Å²) in [5.74, 6) is -0.480. The third-order valence-corrected chi connectivity index (χ3v) is 4.30. The number of likely N-dealkylation sites (N-methyl/N-ethyl adjacent to an activating group) is 1. The van der Waals surface area contributed by atoms with Gasteiger partial charge in [0, 0.05) is 24.2 Å². The molecule has 2 aromatic rings. The topological polar surface area (TPSA) is 37.4 Å². The molecule has 2 aromatic carbocycles. The van der Waals surface area contributed by atoms with Gasteiger partial charge in [0.2, 0.25) is 11.6 Å². The quantitative estimate of drug-likeness (QED) is 0.851. The van der Waals surface area contributed by atoms with Gasteiger partial charge in [-0.15, -0.1) is 0 Å². The lowest BCUT2D eigenvalue weighted by molar-refractivity contribution is 0.0946. The van der Waals surface area contributed by atoms with Gasteiger partial charge in [0.25, 0.3) is 0 Å². The SMILES string of the molecule is CCN(Cc1ccccc1)C1=C(Cl)C(=O)c2ccccc2C1=O. The number of halogens is 1. The van der Waals surface area contributed by atoms with Gasteiger partial charge in [-0.2, -0.15) is 0 Å². The molecular formula is C19H16ClNO2. The average molecular weight is 326 g/mol. The Morgan fingerprint density at radius 3 is 2.04 bits per heavy atom. The Labute approximate surface area is 140 Å². The van der Waals surface area contributed by atoms with Gasteiger partial charge in [-0.25, -0.2) is 0 Å². The van der Waals surface area contributed by atoms with Crippen LogP contribution in [0.2, 0.25) is 0 Å². The number of rotatable bonds is 4. The maximum Gasteiger partial charge on any atom is 0.211 e. The zero-order valence-corrected chi connectivity index (χ0v) is 13.5. The van der Waals surface area contributed by atoms with Gasteiger partial charge in [-0.05, 0) is 12.5 Å². The predicted octanol–water partition coefficient (Wildman–Crippen LogP) is 4.04. The van der Waals surface area contributed by atoms with Gasteiger partial charge in [-0.3, -0.25) is 9.59 Å². The molecule has 0 saturated carbocycles. The maximum atomic E-state index is 12.8. The Hall–Kier alpha value is -2.39. The second kappa shape index (κ2) is 6.39. The van der Waals surface area contributed by atoms with Crippen molar-refractivity contribution in [2.24, 2.45) is 0 Å². The number of hydrogen-bond acceptors (Lipinski definition) is 3. The van der Waals surface area contributed by atoms with Crippen LogP contribution in [-0.4, -0.2) is 23.0 Å². The van der Waals surface area contributed by atoms with Gasteiger partial charge in [0.05, 0.1) is 0 Å². The highest BCUT2D eigenvalue weighted by Crippen LogP contribution is 2.31. The average Bonchev–Trinajstić information content (AvgIpc) is 2.60. The first-order valence-electron chi connectivity index (χ1n) is 7.50. The maximum absolute atomic E-state index is 12.8. The molecule has 0 spiro atoms. The molecule has 1 aliphatic carbocycles. The second-order valence-corrected chi connectivity index (χ2v) is 5.74. The van der Waals surface area contributed by atoms with Crippen molar-refractivity contribution in [1.82, 2.24) is 4.90 Å². The summed E-state index contributed by atoms with van der Waals surface area (Å²) in [6.07, 6.45) is 0. The Bertz CT molecular complexity index is 796. The predicted molar refractivity (Wildman–Crippen MR) is 90.5 cm³/mol. The van der Waals surface area contributed by atoms with Crippen LogP contribution in [0.1, 0.15) is 33.2 Å². The first-order chi connectivity index (χ1) is 11.1. The van der Waals surface area contributed by atoms with Gasteiger partial charge >= 0.3 is 0 Å². The fourth-order valence-electron chi connectivity index (χ4n) is 2.77. The molecule has 23 heavy (non-hydrogen) atoms. The highest BCUT2D eigenvalue weighted by molar-refractivity contribution is 6.49. The van der Waals surface area contributed by atoms with Gasteiger partial charge in [0.1, 0.15) is 10.7 Å². The third-order valence-electron chi connectivity index (χ3n) is 3.95. The van der Waals surface area contributed by atoms with Crippen molar-refractivity contribution in [3.8, 4) is 0 Å². The molecule has 0 bridgehead atoms. The number of hydrogen-bond donors (Lipinski definition) is 0. The highest BCUT2D eigenvalue weighted by atomic mass is 35.5. The van der Waals surface area contributed by atoms with E-state index in [0.717, 1.165) is 5.56 Å². The molecular weight excluding hydrogens is 310 g/mol. The number of ketones is 2. The van der Waals surface area contributed by atoms with E-state index in [1.165, 1.54) is 0 Å². The van der Waals surface area contributed by atoms with Crippen LogP contribution in [0.3, 0.4) is 0 Å². The van der Waals surface area contributed by atoms with Crippen LogP contribution in [0.25, 0.3) is 0 Å². The molecule has 3 nitrogen and oxygen atoms in total. The number of allylic oxidation sites excluding steroid dienone is 2. The van der Waals surface area contributed by atoms with Crippen LogP contribution in [0.5, 0.6) is 0 Å². The monoisotopic (exact) mass is 325 g/mol. The van der Waals surface area contributed by atoms with E-state index in [-0.39, 0.29) is 16.6 Å². The molecule has 0 unspecified atom stereocenters. The minimum atomic E-state index is -0.289. The van der Waals surface area contributed by atoms with Crippen molar-refractivity contribution in [2.45, 2.75) is 13.5 Å². The van der Waals surface area contributed by atoms with Crippen LogP contribution in [-0.2, 0) is 6.54 Å². The molecule has 0 saturated heterocycles. The fourth-order valence-corrected chi connectivity index (χ4v) is 3.07. The van der Waals surface area contributed by atoms with E-state index in [4.69, 9.17) is 11.6 Å². The van der Waals surface area contributed by atoms with Gasteiger partial charge < -0.3 is 4.90 Å². The summed E-state index contributed by atoms with van der Waals surface area (Å²) < 4.78 is 0. The number of benzene rings is 2. The summed E-state index contributed by atoms with van der Waals surface area (Å²) >= 11 is 6.26. The molecule has 116 valence electrons. The van der Waals surface area contributed by atoms with Crippen LogP contribution >= 0.6 is 11.6 Å². The van der Waals surface area contributed by atoms with Crippen molar-refractivity contribution in [3.63, 3.8) is 0 Å². The third kappa shape index (κ3) is 2.80. The van der Waals surface area contributed by atoms with E-state index in [1.807, 2.05) is 42.2 Å². The molecule has 1 aliphatic rings. The Balaban J connectivity index is 2.01. The van der Waals surface area contributed by atoms with Crippen LogP contribution in [0.15, 0.2) is 65.3 Å².